The first-order valence-corrected chi connectivity index (χ1v) is 11.5. The lowest BCUT2D eigenvalue weighted by Crippen LogP contribution is -2.49. The minimum Gasteiger partial charge on any atom is -0.484 e. The molecule has 0 saturated carbocycles. The summed E-state index contributed by atoms with van der Waals surface area (Å²) >= 11 is 18.9. The van der Waals surface area contributed by atoms with Crippen molar-refractivity contribution < 1.29 is 14.3 Å². The van der Waals surface area contributed by atoms with Crippen molar-refractivity contribution in [2.24, 2.45) is 5.92 Å². The molecule has 0 radical (unpaired) electrons. The van der Waals surface area contributed by atoms with Gasteiger partial charge in [-0.1, -0.05) is 54.7 Å². The van der Waals surface area contributed by atoms with Gasteiger partial charge in [-0.05, 0) is 62.1 Å². The van der Waals surface area contributed by atoms with Gasteiger partial charge in [-0.3, -0.25) is 9.59 Å². The number of benzene rings is 2. The third kappa shape index (κ3) is 7.03. The highest BCUT2D eigenvalue weighted by molar-refractivity contribution is 6.36. The van der Waals surface area contributed by atoms with Crippen molar-refractivity contribution >= 4 is 46.6 Å². The molecule has 2 rings (SSSR count). The Balaban J connectivity index is 2.24. The predicted octanol–water partition coefficient (Wildman–Crippen LogP) is 5.83. The summed E-state index contributed by atoms with van der Waals surface area (Å²) in [5, 5.41) is 4.39. The summed E-state index contributed by atoms with van der Waals surface area (Å²) in [4.78, 5) is 27.3. The number of nitrogens with one attached hydrogen (secondary N) is 1. The molecule has 0 aliphatic heterocycles. The van der Waals surface area contributed by atoms with Gasteiger partial charge in [0.25, 0.3) is 5.91 Å². The molecule has 2 aromatic carbocycles. The molecular formula is C24H29Cl3N2O3. The maximum Gasteiger partial charge on any atom is 0.261 e. The van der Waals surface area contributed by atoms with Crippen LogP contribution in [0, 0.1) is 19.8 Å². The van der Waals surface area contributed by atoms with E-state index in [1.54, 1.807) is 37.3 Å². The van der Waals surface area contributed by atoms with Gasteiger partial charge in [0.1, 0.15) is 11.8 Å². The number of hydrogen-bond donors (Lipinski definition) is 1. The largest absolute Gasteiger partial charge is 0.484 e. The van der Waals surface area contributed by atoms with Gasteiger partial charge in [0.05, 0.1) is 0 Å². The minimum atomic E-state index is -0.745. The summed E-state index contributed by atoms with van der Waals surface area (Å²) in [5.74, 6) is 0.199. The predicted molar refractivity (Wildman–Crippen MR) is 131 cm³/mol. The monoisotopic (exact) mass is 498 g/mol. The number of carbonyl (C=O) groups excluding carboxylic acids is 2. The van der Waals surface area contributed by atoms with Crippen LogP contribution in [0.4, 0.5) is 0 Å². The topological polar surface area (TPSA) is 58.6 Å². The molecule has 5 nitrogen and oxygen atoms in total. The lowest BCUT2D eigenvalue weighted by atomic mass is 10.1. The van der Waals surface area contributed by atoms with E-state index in [-0.39, 0.29) is 30.9 Å². The molecule has 0 aliphatic carbocycles. The first-order chi connectivity index (χ1) is 15.0. The van der Waals surface area contributed by atoms with E-state index in [4.69, 9.17) is 39.5 Å². The molecule has 32 heavy (non-hydrogen) atoms. The van der Waals surface area contributed by atoms with Crippen molar-refractivity contribution in [1.82, 2.24) is 10.2 Å². The maximum absolute atomic E-state index is 13.2. The Morgan fingerprint density at radius 2 is 1.59 bits per heavy atom. The van der Waals surface area contributed by atoms with Crippen LogP contribution in [0.1, 0.15) is 37.5 Å². The summed E-state index contributed by atoms with van der Waals surface area (Å²) in [7, 11) is 0. The highest BCUT2D eigenvalue weighted by Gasteiger charge is 2.28. The van der Waals surface area contributed by atoms with Crippen LogP contribution in [0.5, 0.6) is 5.75 Å². The molecule has 0 heterocycles. The Kier molecular flexibility index (Phi) is 9.68. The van der Waals surface area contributed by atoms with Crippen LogP contribution >= 0.6 is 34.8 Å². The molecule has 174 valence electrons. The van der Waals surface area contributed by atoms with Gasteiger partial charge in [0.15, 0.2) is 6.61 Å². The highest BCUT2D eigenvalue weighted by Crippen LogP contribution is 2.28. The average Bonchev–Trinajstić information content (AvgIpc) is 2.73. The van der Waals surface area contributed by atoms with Crippen LogP contribution in [0.2, 0.25) is 15.1 Å². The number of nitrogens with zero attached hydrogens (tertiary/aromatic N) is 1. The van der Waals surface area contributed by atoms with Crippen molar-refractivity contribution in [3.05, 3.63) is 62.1 Å². The Labute approximate surface area is 205 Å². The van der Waals surface area contributed by atoms with E-state index in [1.165, 1.54) is 4.90 Å². The number of rotatable bonds is 9. The van der Waals surface area contributed by atoms with Gasteiger partial charge in [0, 0.05) is 33.7 Å². The van der Waals surface area contributed by atoms with Crippen LogP contribution in [0.25, 0.3) is 0 Å². The number of aryl methyl sites for hydroxylation is 2. The molecule has 0 aromatic heterocycles. The van der Waals surface area contributed by atoms with E-state index in [2.05, 4.69) is 5.32 Å². The lowest BCUT2D eigenvalue weighted by molar-refractivity contribution is -0.142. The first-order valence-electron chi connectivity index (χ1n) is 10.4. The number of hydrogen-bond acceptors (Lipinski definition) is 3. The molecule has 0 aliphatic rings. The molecule has 8 heteroatoms. The van der Waals surface area contributed by atoms with Gasteiger partial charge in [0.2, 0.25) is 5.91 Å². The standard InChI is InChI=1S/C24H29Cl3N2O3/c1-14(2)11-28-24(31)17(5)29(12-19-20(25)7-6-8-21(19)26)22(30)13-32-18-9-15(3)23(27)16(4)10-18/h6-10,14,17H,11-13H2,1-5H3,(H,28,31). The first kappa shape index (κ1) is 26.3. The van der Waals surface area contributed by atoms with Crippen molar-refractivity contribution in [2.75, 3.05) is 13.2 Å². The van der Waals surface area contributed by atoms with Gasteiger partial charge >= 0.3 is 0 Å². The molecular weight excluding hydrogens is 471 g/mol. The summed E-state index contributed by atoms with van der Waals surface area (Å²) in [6.45, 7) is 9.77. The van der Waals surface area contributed by atoms with E-state index in [9.17, 15) is 9.59 Å². The molecule has 1 unspecified atom stereocenters. The zero-order chi connectivity index (χ0) is 24.0. The summed E-state index contributed by atoms with van der Waals surface area (Å²) in [6, 6.07) is 7.93. The fraction of sp³-hybridized carbons (Fsp3) is 0.417. The van der Waals surface area contributed by atoms with E-state index in [0.29, 0.717) is 32.9 Å². The van der Waals surface area contributed by atoms with Gasteiger partial charge in [-0.2, -0.15) is 0 Å². The third-order valence-corrected chi connectivity index (χ3v) is 6.32. The molecule has 0 saturated heterocycles. The molecule has 2 aromatic rings. The second-order valence-corrected chi connectivity index (χ2v) is 9.39. The Hall–Kier alpha value is -1.95. The fourth-order valence-electron chi connectivity index (χ4n) is 3.11. The number of halogens is 3. The molecule has 0 fully saturated rings. The highest BCUT2D eigenvalue weighted by atomic mass is 35.5. The second kappa shape index (κ2) is 11.8. The minimum absolute atomic E-state index is 0.0790. The quantitative estimate of drug-likeness (QED) is 0.472. The Morgan fingerprint density at radius 3 is 2.12 bits per heavy atom. The average molecular weight is 500 g/mol. The number of carbonyl (C=O) groups is 2. The normalized spacial score (nSPS) is 11.9. The fourth-order valence-corrected chi connectivity index (χ4v) is 3.73. The van der Waals surface area contributed by atoms with Crippen LogP contribution in [0.3, 0.4) is 0 Å². The smallest absolute Gasteiger partial charge is 0.261 e. The van der Waals surface area contributed by atoms with Crippen LogP contribution in [-0.4, -0.2) is 35.9 Å². The van der Waals surface area contributed by atoms with E-state index in [1.807, 2.05) is 27.7 Å². The second-order valence-electron chi connectivity index (χ2n) is 8.20. The van der Waals surface area contributed by atoms with Crippen molar-refractivity contribution in [2.45, 2.75) is 47.2 Å². The number of amides is 2. The van der Waals surface area contributed by atoms with Crippen LogP contribution < -0.4 is 10.1 Å². The van der Waals surface area contributed by atoms with Gasteiger partial charge in [-0.15, -0.1) is 0 Å². The third-order valence-electron chi connectivity index (χ3n) is 5.01. The zero-order valence-corrected chi connectivity index (χ0v) is 21.2. The SMILES string of the molecule is Cc1cc(OCC(=O)N(Cc2c(Cl)cccc2Cl)C(C)C(=O)NCC(C)C)cc(C)c1Cl. The molecule has 2 amide bonds. The van der Waals surface area contributed by atoms with Crippen molar-refractivity contribution in [1.29, 1.82) is 0 Å². The number of ether oxygens (including phenoxy) is 1. The van der Waals surface area contributed by atoms with Crippen molar-refractivity contribution in [3.8, 4) is 5.75 Å². The summed E-state index contributed by atoms with van der Waals surface area (Å²) in [5.41, 5.74) is 2.29. The maximum atomic E-state index is 13.2. The zero-order valence-electron chi connectivity index (χ0n) is 19.0. The van der Waals surface area contributed by atoms with E-state index >= 15 is 0 Å². The Morgan fingerprint density at radius 1 is 1.03 bits per heavy atom. The molecule has 1 atom stereocenters. The summed E-state index contributed by atoms with van der Waals surface area (Å²) in [6.07, 6.45) is 0. The molecule has 0 bridgehead atoms. The van der Waals surface area contributed by atoms with Crippen LogP contribution in [-0.2, 0) is 16.1 Å². The van der Waals surface area contributed by atoms with Gasteiger partial charge in [-0.25, -0.2) is 0 Å². The van der Waals surface area contributed by atoms with E-state index in [0.717, 1.165) is 11.1 Å². The van der Waals surface area contributed by atoms with E-state index < -0.39 is 6.04 Å². The molecule has 0 spiro atoms. The lowest BCUT2D eigenvalue weighted by Gasteiger charge is -2.29. The Bertz CT molecular complexity index is 936. The van der Waals surface area contributed by atoms with Crippen molar-refractivity contribution in [3.63, 3.8) is 0 Å². The molecule has 1 N–H and O–H groups in total. The van der Waals surface area contributed by atoms with Gasteiger partial charge < -0.3 is 15.0 Å². The summed E-state index contributed by atoms with van der Waals surface area (Å²) < 4.78 is 5.74. The van der Waals surface area contributed by atoms with Crippen LogP contribution in [0.15, 0.2) is 30.3 Å².